The summed E-state index contributed by atoms with van der Waals surface area (Å²) in [5.74, 6) is 2.34. The minimum absolute atomic E-state index is 0.0127. The predicted octanol–water partition coefficient (Wildman–Crippen LogP) is 3.52. The maximum Gasteiger partial charge on any atom is 0.322 e. The molecule has 144 valence electrons. The van der Waals surface area contributed by atoms with Gasteiger partial charge in [0.2, 0.25) is 0 Å². The number of H-pyrrole nitrogens is 1. The van der Waals surface area contributed by atoms with Crippen molar-refractivity contribution in [3.05, 3.63) is 35.8 Å². The smallest absolute Gasteiger partial charge is 0.322 e. The standard InChI is InChI=1S/C21H24N6O/c1-11(2)19-25-18(22)17-15(10-23-20(17)26-19)12-3-6-16-13(9-12)7-8-27(16)21(28)24-14-4-5-14/h3,6,9-11,14H,4-5,7-8H2,1-2H3,(H,24,28)(H3,22,23,25,26). The number of urea groups is 1. The SMILES string of the molecule is CC(C)c1nc(N)c2c(-c3ccc4c(c3)CCN4C(=O)NC3CC3)cnc-2[nH]1. The van der Waals surface area contributed by atoms with Crippen molar-refractivity contribution in [2.45, 2.75) is 45.1 Å². The lowest BCUT2D eigenvalue weighted by Gasteiger charge is -2.18. The van der Waals surface area contributed by atoms with E-state index in [4.69, 9.17) is 5.73 Å². The fourth-order valence-electron chi connectivity index (χ4n) is 3.83. The highest BCUT2D eigenvalue weighted by molar-refractivity contribution is 5.96. The molecule has 3 heterocycles. The van der Waals surface area contributed by atoms with Crippen molar-refractivity contribution in [1.29, 1.82) is 0 Å². The number of fused-ring (bicyclic) bond motifs is 2. The summed E-state index contributed by atoms with van der Waals surface area (Å²) in [4.78, 5) is 26.6. The van der Waals surface area contributed by atoms with Gasteiger partial charge in [-0.15, -0.1) is 0 Å². The molecule has 1 aliphatic carbocycles. The largest absolute Gasteiger partial charge is 0.383 e. The third-order valence-corrected chi connectivity index (χ3v) is 5.56. The number of benzene rings is 1. The van der Waals surface area contributed by atoms with E-state index in [1.165, 1.54) is 5.56 Å². The number of nitrogens with zero attached hydrogens (tertiary/aromatic N) is 3. The van der Waals surface area contributed by atoms with Crippen LogP contribution >= 0.6 is 0 Å². The van der Waals surface area contributed by atoms with Gasteiger partial charge in [-0.25, -0.2) is 14.8 Å². The molecule has 0 bridgehead atoms. The van der Waals surface area contributed by atoms with Crippen molar-refractivity contribution in [2.75, 3.05) is 17.2 Å². The molecule has 0 radical (unpaired) electrons. The summed E-state index contributed by atoms with van der Waals surface area (Å²) in [7, 11) is 0. The Morgan fingerprint density at radius 2 is 2.18 bits per heavy atom. The second-order valence-corrected chi connectivity index (χ2v) is 8.03. The van der Waals surface area contributed by atoms with Crippen molar-refractivity contribution < 1.29 is 4.79 Å². The van der Waals surface area contributed by atoms with Gasteiger partial charge in [0, 0.05) is 36.0 Å². The van der Waals surface area contributed by atoms with Gasteiger partial charge in [-0.1, -0.05) is 19.9 Å². The highest BCUT2D eigenvalue weighted by atomic mass is 16.2. The molecule has 3 aliphatic heterocycles. The van der Waals surface area contributed by atoms with Gasteiger partial charge >= 0.3 is 6.03 Å². The minimum atomic E-state index is 0.0127. The number of aromatic nitrogens is 3. The van der Waals surface area contributed by atoms with Crippen molar-refractivity contribution in [2.24, 2.45) is 0 Å². The number of nitrogens with one attached hydrogen (secondary N) is 2. The normalized spacial score (nSPS) is 16.0. The Labute approximate surface area is 163 Å². The number of carbonyl (C=O) groups excluding carboxylic acids is 1. The Balaban J connectivity index is 1.49. The molecular formula is C21H24N6O. The average Bonchev–Trinajstić information content (AvgIpc) is 3.21. The first kappa shape index (κ1) is 17.0. The molecular weight excluding hydrogens is 352 g/mol. The Hall–Kier alpha value is -3.09. The lowest BCUT2D eigenvalue weighted by molar-refractivity contribution is 0.246. The predicted molar refractivity (Wildman–Crippen MR) is 110 cm³/mol. The second-order valence-electron chi connectivity index (χ2n) is 8.03. The summed E-state index contributed by atoms with van der Waals surface area (Å²) in [6.45, 7) is 4.85. The first-order valence-corrected chi connectivity index (χ1v) is 9.86. The summed E-state index contributed by atoms with van der Waals surface area (Å²) < 4.78 is 0. The molecule has 28 heavy (non-hydrogen) atoms. The summed E-state index contributed by atoms with van der Waals surface area (Å²) >= 11 is 0. The zero-order valence-electron chi connectivity index (χ0n) is 16.1. The first-order chi connectivity index (χ1) is 13.5. The summed E-state index contributed by atoms with van der Waals surface area (Å²) in [6, 6.07) is 6.58. The van der Waals surface area contributed by atoms with Crippen LogP contribution in [0.3, 0.4) is 0 Å². The average molecular weight is 376 g/mol. The van der Waals surface area contributed by atoms with Gasteiger partial charge in [0.05, 0.1) is 5.56 Å². The Morgan fingerprint density at radius 3 is 2.93 bits per heavy atom. The molecule has 0 aromatic heterocycles. The molecule has 7 heteroatoms. The fourth-order valence-corrected chi connectivity index (χ4v) is 3.83. The highest BCUT2D eigenvalue weighted by Crippen LogP contribution is 2.39. The Bertz CT molecular complexity index is 1040. The van der Waals surface area contributed by atoms with E-state index in [-0.39, 0.29) is 11.9 Å². The van der Waals surface area contributed by atoms with Crippen molar-refractivity contribution in [1.82, 2.24) is 20.3 Å². The second kappa shape index (κ2) is 6.22. The lowest BCUT2D eigenvalue weighted by atomic mass is 10.00. The number of aromatic amines is 1. The number of amides is 2. The van der Waals surface area contributed by atoms with E-state index >= 15 is 0 Å². The van der Waals surface area contributed by atoms with E-state index in [2.05, 4.69) is 40.2 Å². The van der Waals surface area contributed by atoms with E-state index in [0.29, 0.717) is 18.4 Å². The quantitative estimate of drug-likeness (QED) is 0.651. The van der Waals surface area contributed by atoms with E-state index in [0.717, 1.165) is 53.3 Å². The van der Waals surface area contributed by atoms with Crippen LogP contribution in [0.15, 0.2) is 24.4 Å². The molecule has 7 nitrogen and oxygen atoms in total. The van der Waals surface area contributed by atoms with Crippen LogP contribution in [0, 0.1) is 0 Å². The molecule has 2 amide bonds. The number of carbonyl (C=O) groups is 1. The van der Waals surface area contributed by atoms with Crippen LogP contribution in [-0.2, 0) is 6.42 Å². The first-order valence-electron chi connectivity index (χ1n) is 9.86. The molecule has 1 aromatic rings. The van der Waals surface area contributed by atoms with E-state index in [1.807, 2.05) is 23.2 Å². The van der Waals surface area contributed by atoms with Crippen LogP contribution in [0.4, 0.5) is 16.3 Å². The van der Waals surface area contributed by atoms with Gasteiger partial charge in [0.1, 0.15) is 17.5 Å². The number of rotatable bonds is 3. The van der Waals surface area contributed by atoms with E-state index in [9.17, 15) is 4.79 Å². The Kier molecular flexibility index (Phi) is 3.79. The number of nitrogens with two attached hydrogens (primary N) is 1. The fraction of sp³-hybridized carbons (Fsp3) is 0.381. The van der Waals surface area contributed by atoms with Gasteiger partial charge < -0.3 is 16.0 Å². The highest BCUT2D eigenvalue weighted by Gasteiger charge is 2.30. The molecule has 0 saturated heterocycles. The third kappa shape index (κ3) is 2.78. The van der Waals surface area contributed by atoms with Crippen molar-refractivity contribution >= 4 is 17.5 Å². The summed E-state index contributed by atoms with van der Waals surface area (Å²) in [5.41, 5.74) is 11.3. The van der Waals surface area contributed by atoms with Crippen LogP contribution in [0.5, 0.6) is 0 Å². The zero-order valence-corrected chi connectivity index (χ0v) is 16.1. The van der Waals surface area contributed by atoms with Gasteiger partial charge in [0.15, 0.2) is 0 Å². The molecule has 0 atom stereocenters. The zero-order chi connectivity index (χ0) is 19.4. The molecule has 0 unspecified atom stereocenters. The van der Waals surface area contributed by atoms with Gasteiger partial charge in [-0.05, 0) is 42.5 Å². The topological polar surface area (TPSA) is 99.9 Å². The number of anilines is 2. The molecule has 4 N–H and O–H groups in total. The molecule has 5 rings (SSSR count). The summed E-state index contributed by atoms with van der Waals surface area (Å²) in [6.07, 6.45) is 4.88. The Morgan fingerprint density at radius 1 is 1.36 bits per heavy atom. The van der Waals surface area contributed by atoms with E-state index in [1.54, 1.807) is 0 Å². The molecule has 4 aliphatic rings. The third-order valence-electron chi connectivity index (χ3n) is 5.56. The van der Waals surface area contributed by atoms with Gasteiger partial charge in [-0.2, -0.15) is 0 Å². The molecule has 1 saturated carbocycles. The number of hydrogen-bond donors (Lipinski definition) is 3. The van der Waals surface area contributed by atoms with Gasteiger partial charge in [0.25, 0.3) is 0 Å². The summed E-state index contributed by atoms with van der Waals surface area (Å²) in [5, 5.41) is 3.07. The molecule has 0 spiro atoms. The minimum Gasteiger partial charge on any atom is -0.383 e. The lowest BCUT2D eigenvalue weighted by Crippen LogP contribution is -2.40. The van der Waals surface area contributed by atoms with Crippen LogP contribution in [0.2, 0.25) is 0 Å². The number of hydrogen-bond acceptors (Lipinski definition) is 4. The molecule has 1 aromatic carbocycles. The monoisotopic (exact) mass is 376 g/mol. The van der Waals surface area contributed by atoms with Crippen LogP contribution < -0.4 is 16.0 Å². The van der Waals surface area contributed by atoms with Crippen molar-refractivity contribution in [3.8, 4) is 22.5 Å². The molecule has 1 fully saturated rings. The maximum absolute atomic E-state index is 12.5. The van der Waals surface area contributed by atoms with Crippen molar-refractivity contribution in [3.63, 3.8) is 0 Å². The van der Waals surface area contributed by atoms with Crippen LogP contribution in [-0.4, -0.2) is 33.6 Å². The van der Waals surface area contributed by atoms with Crippen LogP contribution in [0.25, 0.3) is 22.5 Å². The van der Waals surface area contributed by atoms with Gasteiger partial charge in [-0.3, -0.25) is 4.90 Å². The van der Waals surface area contributed by atoms with Crippen LogP contribution in [0.1, 0.15) is 44.0 Å². The van der Waals surface area contributed by atoms with E-state index < -0.39 is 0 Å². The maximum atomic E-state index is 12.5. The number of nitrogen functional groups attached to an aromatic ring is 1.